The van der Waals surface area contributed by atoms with Crippen molar-refractivity contribution in [3.05, 3.63) is 74.0 Å². The number of hydrogen-bond donors (Lipinski definition) is 3. The molecule has 0 fully saturated rings. The number of rotatable bonds is 7. The van der Waals surface area contributed by atoms with E-state index in [0.717, 1.165) is 28.2 Å². The van der Waals surface area contributed by atoms with Crippen LogP contribution in [-0.2, 0) is 6.42 Å². The number of aliphatic hydroxyl groups is 1. The van der Waals surface area contributed by atoms with Gasteiger partial charge in [-0.15, -0.1) is 0 Å². The second kappa shape index (κ2) is 8.16. The lowest BCUT2D eigenvalue weighted by Crippen LogP contribution is -2.15. The molecule has 1 unspecified atom stereocenters. The molecule has 2 heterocycles. The third-order valence-corrected chi connectivity index (χ3v) is 4.88. The van der Waals surface area contributed by atoms with E-state index in [-0.39, 0.29) is 23.3 Å². The Morgan fingerprint density at radius 2 is 2.00 bits per heavy atom. The molecule has 3 rings (SSSR count). The van der Waals surface area contributed by atoms with Gasteiger partial charge in [0.05, 0.1) is 24.0 Å². The van der Waals surface area contributed by atoms with Gasteiger partial charge in [0, 0.05) is 18.3 Å². The standard InChI is InChI=1S/C19H20N2O4S/c1-12-2-7-16(20-9-12)14(10-22)11-25-15-5-3-13(4-6-15)8-17-18(23)21-19(24)26-17/h2-7,9,14,22-23H,8,10-11H2,1H3,(H,21,24). The number of aromatic hydroxyl groups is 1. The van der Waals surface area contributed by atoms with Crippen molar-refractivity contribution in [1.29, 1.82) is 0 Å². The summed E-state index contributed by atoms with van der Waals surface area (Å²) >= 11 is 1.00. The molecule has 0 spiro atoms. The fourth-order valence-corrected chi connectivity index (χ4v) is 3.27. The van der Waals surface area contributed by atoms with Gasteiger partial charge in [0.1, 0.15) is 5.75 Å². The summed E-state index contributed by atoms with van der Waals surface area (Å²) in [5.41, 5.74) is 2.83. The lowest BCUT2D eigenvalue weighted by Gasteiger charge is -2.15. The SMILES string of the molecule is Cc1ccc(C(CO)COc2ccc(Cc3sc(=O)[nH]c3O)cc2)nc1. The quantitative estimate of drug-likeness (QED) is 0.592. The van der Waals surface area contributed by atoms with Crippen LogP contribution >= 0.6 is 11.3 Å². The maximum absolute atomic E-state index is 11.2. The predicted octanol–water partition coefficient (Wildman–Crippen LogP) is 2.59. The Balaban J connectivity index is 1.60. The van der Waals surface area contributed by atoms with E-state index >= 15 is 0 Å². The van der Waals surface area contributed by atoms with E-state index in [2.05, 4.69) is 9.97 Å². The van der Waals surface area contributed by atoms with Crippen LogP contribution in [0.2, 0.25) is 0 Å². The number of ether oxygens (including phenoxy) is 1. The number of H-pyrrole nitrogens is 1. The molecule has 0 saturated heterocycles. The smallest absolute Gasteiger partial charge is 0.307 e. The van der Waals surface area contributed by atoms with Gasteiger partial charge in [-0.25, -0.2) is 0 Å². The molecule has 1 atom stereocenters. The zero-order chi connectivity index (χ0) is 18.5. The van der Waals surface area contributed by atoms with E-state index < -0.39 is 0 Å². The Labute approximate surface area is 154 Å². The average Bonchev–Trinajstić information content (AvgIpc) is 2.95. The molecule has 0 amide bonds. The summed E-state index contributed by atoms with van der Waals surface area (Å²) < 4.78 is 5.77. The van der Waals surface area contributed by atoms with Crippen molar-refractivity contribution in [3.63, 3.8) is 0 Å². The first kappa shape index (κ1) is 18.2. The zero-order valence-corrected chi connectivity index (χ0v) is 15.1. The minimum absolute atomic E-state index is 0.0418. The van der Waals surface area contributed by atoms with Crippen LogP contribution in [0.25, 0.3) is 0 Å². The lowest BCUT2D eigenvalue weighted by atomic mass is 10.1. The Hall–Kier alpha value is -2.64. The highest BCUT2D eigenvalue weighted by Gasteiger charge is 2.13. The molecule has 0 aliphatic carbocycles. The van der Waals surface area contributed by atoms with Crippen LogP contribution in [-0.4, -0.2) is 33.4 Å². The summed E-state index contributed by atoms with van der Waals surface area (Å²) in [7, 11) is 0. The van der Waals surface area contributed by atoms with E-state index in [0.29, 0.717) is 23.7 Å². The molecule has 136 valence electrons. The van der Waals surface area contributed by atoms with E-state index in [1.807, 2.05) is 43.3 Å². The molecule has 2 aromatic heterocycles. The second-order valence-corrected chi connectivity index (χ2v) is 7.13. The first-order chi connectivity index (χ1) is 12.5. The molecule has 0 bridgehead atoms. The van der Waals surface area contributed by atoms with Gasteiger partial charge in [0.15, 0.2) is 0 Å². The number of pyridine rings is 1. The first-order valence-electron chi connectivity index (χ1n) is 8.21. The van der Waals surface area contributed by atoms with E-state index in [1.54, 1.807) is 6.20 Å². The van der Waals surface area contributed by atoms with Gasteiger partial charge in [-0.1, -0.05) is 29.5 Å². The zero-order valence-electron chi connectivity index (χ0n) is 14.3. The monoisotopic (exact) mass is 372 g/mol. The molecule has 3 aromatic rings. The molecule has 0 radical (unpaired) electrons. The highest BCUT2D eigenvalue weighted by molar-refractivity contribution is 7.09. The highest BCUT2D eigenvalue weighted by Crippen LogP contribution is 2.22. The number of benzene rings is 1. The fourth-order valence-electron chi connectivity index (χ4n) is 2.51. The van der Waals surface area contributed by atoms with Crippen LogP contribution in [0.1, 0.15) is 27.6 Å². The molecule has 0 aliphatic rings. The van der Waals surface area contributed by atoms with Crippen LogP contribution in [0, 0.1) is 6.92 Å². The Kier molecular flexibility index (Phi) is 5.70. The van der Waals surface area contributed by atoms with E-state index in [1.165, 1.54) is 0 Å². The number of aliphatic hydroxyl groups excluding tert-OH is 1. The first-order valence-corrected chi connectivity index (χ1v) is 9.03. The largest absolute Gasteiger partial charge is 0.494 e. The second-order valence-electron chi connectivity index (χ2n) is 6.06. The van der Waals surface area contributed by atoms with Crippen LogP contribution in [0.3, 0.4) is 0 Å². The lowest BCUT2D eigenvalue weighted by molar-refractivity contribution is 0.203. The number of aryl methyl sites for hydroxylation is 1. The van der Waals surface area contributed by atoms with E-state index in [4.69, 9.17) is 4.74 Å². The van der Waals surface area contributed by atoms with Gasteiger partial charge in [-0.05, 0) is 36.2 Å². The van der Waals surface area contributed by atoms with Crippen molar-refractivity contribution in [2.24, 2.45) is 0 Å². The molecule has 0 aliphatic heterocycles. The molecular weight excluding hydrogens is 352 g/mol. The maximum atomic E-state index is 11.2. The third-order valence-electron chi connectivity index (χ3n) is 4.01. The van der Waals surface area contributed by atoms with Crippen LogP contribution < -0.4 is 9.61 Å². The Bertz CT molecular complexity index is 901. The molecule has 26 heavy (non-hydrogen) atoms. The maximum Gasteiger partial charge on any atom is 0.307 e. The van der Waals surface area contributed by atoms with Crippen molar-refractivity contribution in [3.8, 4) is 11.6 Å². The number of aromatic amines is 1. The van der Waals surface area contributed by atoms with Crippen molar-refractivity contribution in [1.82, 2.24) is 9.97 Å². The van der Waals surface area contributed by atoms with Gasteiger partial charge in [-0.3, -0.25) is 14.8 Å². The number of nitrogens with one attached hydrogen (secondary N) is 1. The van der Waals surface area contributed by atoms with E-state index in [9.17, 15) is 15.0 Å². The third kappa shape index (κ3) is 4.50. The van der Waals surface area contributed by atoms with Crippen molar-refractivity contribution in [2.75, 3.05) is 13.2 Å². The number of aromatic nitrogens is 2. The minimum atomic E-state index is -0.266. The average molecular weight is 372 g/mol. The summed E-state index contributed by atoms with van der Waals surface area (Å²) in [4.78, 5) is 18.3. The summed E-state index contributed by atoms with van der Waals surface area (Å²) in [6.45, 7) is 2.25. The Morgan fingerprint density at radius 3 is 2.58 bits per heavy atom. The van der Waals surface area contributed by atoms with Gasteiger partial charge in [-0.2, -0.15) is 0 Å². The normalized spacial score (nSPS) is 12.1. The molecule has 7 heteroatoms. The summed E-state index contributed by atoms with van der Waals surface area (Å²) in [6.07, 6.45) is 2.25. The van der Waals surface area contributed by atoms with Crippen LogP contribution in [0.15, 0.2) is 47.4 Å². The highest BCUT2D eigenvalue weighted by atomic mass is 32.1. The molecule has 0 saturated carbocycles. The summed E-state index contributed by atoms with van der Waals surface area (Å²) in [6, 6.07) is 11.3. The topological polar surface area (TPSA) is 95.4 Å². The Morgan fingerprint density at radius 1 is 1.23 bits per heavy atom. The van der Waals surface area contributed by atoms with Gasteiger partial charge in [0.25, 0.3) is 0 Å². The molecule has 3 N–H and O–H groups in total. The van der Waals surface area contributed by atoms with Gasteiger partial charge >= 0.3 is 4.87 Å². The molecule has 1 aromatic carbocycles. The van der Waals surface area contributed by atoms with Crippen molar-refractivity contribution < 1.29 is 14.9 Å². The number of hydrogen-bond acceptors (Lipinski definition) is 6. The summed E-state index contributed by atoms with van der Waals surface area (Å²) in [5, 5.41) is 19.2. The fraction of sp³-hybridized carbons (Fsp3) is 0.263. The van der Waals surface area contributed by atoms with Gasteiger partial charge < -0.3 is 14.9 Å². The van der Waals surface area contributed by atoms with Crippen molar-refractivity contribution in [2.45, 2.75) is 19.3 Å². The number of thiazole rings is 1. The molecular formula is C19H20N2O4S. The number of nitrogens with zero attached hydrogens (tertiary/aromatic N) is 1. The van der Waals surface area contributed by atoms with Crippen molar-refractivity contribution >= 4 is 11.3 Å². The minimum Gasteiger partial charge on any atom is -0.494 e. The molecule has 6 nitrogen and oxygen atoms in total. The van der Waals surface area contributed by atoms with Gasteiger partial charge in [0.2, 0.25) is 5.88 Å². The predicted molar refractivity (Wildman–Crippen MR) is 100 cm³/mol. The van der Waals surface area contributed by atoms with Crippen LogP contribution in [0.4, 0.5) is 0 Å². The van der Waals surface area contributed by atoms with Crippen LogP contribution in [0.5, 0.6) is 11.6 Å². The summed E-state index contributed by atoms with van der Waals surface area (Å²) in [5.74, 6) is 0.423.